The molecule has 0 heterocycles. The number of carbonyl (C=O) groups excluding carboxylic acids is 4. The summed E-state index contributed by atoms with van der Waals surface area (Å²) in [4.78, 5) is 94.7. The summed E-state index contributed by atoms with van der Waals surface area (Å²) in [7, 11) is 0. The Bertz CT molecular complexity index is 1770. The predicted octanol–water partition coefficient (Wildman–Crippen LogP) is 4.45. The van der Waals surface area contributed by atoms with Gasteiger partial charge >= 0.3 is 47.8 Å². The van der Waals surface area contributed by atoms with E-state index in [0.29, 0.717) is 0 Å². The van der Waals surface area contributed by atoms with Gasteiger partial charge in [0.05, 0.1) is 22.3 Å². The number of ether oxygens (including phenoxy) is 4. The fourth-order valence-corrected chi connectivity index (χ4v) is 4.46. The van der Waals surface area contributed by atoms with Crippen molar-refractivity contribution in [1.29, 1.82) is 0 Å². The molecule has 0 fully saturated rings. The van der Waals surface area contributed by atoms with Gasteiger partial charge in [0, 0.05) is 0 Å². The molecule has 0 bridgehead atoms. The summed E-state index contributed by atoms with van der Waals surface area (Å²) in [5, 5.41) is 37.3. The van der Waals surface area contributed by atoms with E-state index in [1.165, 1.54) is 48.5 Å². The Morgan fingerprint density at radius 3 is 0.589 bits per heavy atom. The highest BCUT2D eigenvalue weighted by molar-refractivity contribution is 5.96. The van der Waals surface area contributed by atoms with E-state index in [-0.39, 0.29) is 22.3 Å². The Morgan fingerprint density at radius 1 is 0.321 bits per heavy atom. The Balaban J connectivity index is 0.000000300. The van der Waals surface area contributed by atoms with Crippen LogP contribution in [-0.4, -0.2) is 92.6 Å². The lowest BCUT2D eigenvalue weighted by Gasteiger charge is -2.21. The van der Waals surface area contributed by atoms with Crippen LogP contribution in [0.1, 0.15) is 63.7 Å². The summed E-state index contributed by atoms with van der Waals surface area (Å²) >= 11 is 0. The van der Waals surface area contributed by atoms with E-state index < -0.39 is 72.2 Å². The number of carboxylic acids is 4. The van der Waals surface area contributed by atoms with Gasteiger partial charge in [0.1, 0.15) is 0 Å². The molecule has 4 atom stereocenters. The summed E-state index contributed by atoms with van der Waals surface area (Å²) < 4.78 is 19.3. The number of aryl methyl sites for hydroxylation is 4. The van der Waals surface area contributed by atoms with Crippen LogP contribution in [0.25, 0.3) is 0 Å². The molecular formula is C40H36O16. The molecule has 56 heavy (non-hydrogen) atoms. The molecule has 0 spiro atoms. The molecule has 0 saturated carbocycles. The molecule has 0 amide bonds. The Morgan fingerprint density at radius 2 is 0.464 bits per heavy atom. The van der Waals surface area contributed by atoms with Gasteiger partial charge in [0.2, 0.25) is 24.4 Å². The van der Waals surface area contributed by atoms with Crippen molar-refractivity contribution in [2.24, 2.45) is 0 Å². The van der Waals surface area contributed by atoms with Crippen LogP contribution < -0.4 is 0 Å². The van der Waals surface area contributed by atoms with Crippen molar-refractivity contribution in [1.82, 2.24) is 0 Å². The fourth-order valence-electron chi connectivity index (χ4n) is 4.46. The Hall–Kier alpha value is -7.36. The van der Waals surface area contributed by atoms with Crippen LogP contribution in [0.15, 0.2) is 97.1 Å². The molecule has 16 nitrogen and oxygen atoms in total. The van der Waals surface area contributed by atoms with Crippen molar-refractivity contribution in [2.45, 2.75) is 52.1 Å². The second-order valence-corrected chi connectivity index (χ2v) is 12.1. The number of benzene rings is 4. The standard InChI is InChI=1S/2C20H18O8/c2*1-11-3-7-13(8-4-11)19(25)27-15(17(21)22)16(18(23)24)28-20(26)14-9-5-12(2)6-10-14/h2*3-10,15-16H,1-2H3,(H,21,22)(H,23,24)/t2*15-,16-/m10/s1. The van der Waals surface area contributed by atoms with E-state index in [1.54, 1.807) is 76.2 Å². The molecule has 0 aliphatic heterocycles. The van der Waals surface area contributed by atoms with Crippen LogP contribution in [-0.2, 0) is 38.1 Å². The number of hydrogen-bond acceptors (Lipinski definition) is 12. The van der Waals surface area contributed by atoms with E-state index >= 15 is 0 Å². The minimum absolute atomic E-state index is 0.0332. The van der Waals surface area contributed by atoms with E-state index in [1.807, 2.05) is 0 Å². The number of esters is 4. The third-order valence-corrected chi connectivity index (χ3v) is 7.61. The minimum Gasteiger partial charge on any atom is -0.478 e. The zero-order chi connectivity index (χ0) is 41.7. The summed E-state index contributed by atoms with van der Waals surface area (Å²) in [6, 6.07) is 24.1. The first-order chi connectivity index (χ1) is 26.4. The third-order valence-electron chi connectivity index (χ3n) is 7.61. The first kappa shape index (κ1) is 43.0. The highest BCUT2D eigenvalue weighted by Crippen LogP contribution is 2.16. The van der Waals surface area contributed by atoms with Crippen molar-refractivity contribution >= 4 is 47.8 Å². The number of rotatable bonds is 14. The largest absolute Gasteiger partial charge is 0.478 e. The van der Waals surface area contributed by atoms with E-state index in [2.05, 4.69) is 0 Å². The van der Waals surface area contributed by atoms with Crippen molar-refractivity contribution < 1.29 is 77.7 Å². The van der Waals surface area contributed by atoms with Crippen molar-refractivity contribution in [3.63, 3.8) is 0 Å². The average molecular weight is 773 g/mol. The van der Waals surface area contributed by atoms with Crippen LogP contribution in [0.4, 0.5) is 0 Å². The maximum atomic E-state index is 12.2. The molecule has 4 rings (SSSR count). The predicted molar refractivity (Wildman–Crippen MR) is 192 cm³/mol. The maximum Gasteiger partial charge on any atom is 0.349 e. The summed E-state index contributed by atoms with van der Waals surface area (Å²) in [6.45, 7) is 7.17. The number of carboxylic acid groups (broad SMARTS) is 4. The summed E-state index contributed by atoms with van der Waals surface area (Å²) in [5.74, 6) is -11.2. The van der Waals surface area contributed by atoms with Crippen LogP contribution in [0.3, 0.4) is 0 Å². The van der Waals surface area contributed by atoms with Gasteiger partial charge in [-0.05, 0) is 76.2 Å². The van der Waals surface area contributed by atoms with Gasteiger partial charge in [-0.25, -0.2) is 38.4 Å². The average Bonchev–Trinajstić information content (AvgIpc) is 3.15. The van der Waals surface area contributed by atoms with Gasteiger partial charge in [0.15, 0.2) is 0 Å². The lowest BCUT2D eigenvalue weighted by Crippen LogP contribution is -2.45. The van der Waals surface area contributed by atoms with Crippen molar-refractivity contribution in [3.05, 3.63) is 142 Å². The Labute approximate surface area is 318 Å². The highest BCUT2D eigenvalue weighted by Gasteiger charge is 2.42. The molecule has 4 aromatic rings. The molecule has 16 heteroatoms. The monoisotopic (exact) mass is 772 g/mol. The summed E-state index contributed by atoms with van der Waals surface area (Å²) in [6.07, 6.45) is -8.89. The lowest BCUT2D eigenvalue weighted by molar-refractivity contribution is -0.166. The van der Waals surface area contributed by atoms with E-state index in [9.17, 15) is 58.8 Å². The molecule has 4 N–H and O–H groups in total. The molecular weight excluding hydrogens is 736 g/mol. The third kappa shape index (κ3) is 12.4. The van der Waals surface area contributed by atoms with Crippen molar-refractivity contribution in [3.8, 4) is 0 Å². The quantitative estimate of drug-likeness (QED) is 0.102. The molecule has 0 radical (unpaired) electrons. The minimum atomic E-state index is -2.22. The Kier molecular flexibility index (Phi) is 15.1. The first-order valence-electron chi connectivity index (χ1n) is 16.4. The second-order valence-electron chi connectivity index (χ2n) is 12.1. The molecule has 0 aliphatic carbocycles. The first-order valence-corrected chi connectivity index (χ1v) is 16.4. The normalized spacial score (nSPS) is 12.5. The molecule has 292 valence electrons. The molecule has 0 aliphatic rings. The van der Waals surface area contributed by atoms with Crippen LogP contribution >= 0.6 is 0 Å². The fraction of sp³-hybridized carbons (Fsp3) is 0.200. The number of carbonyl (C=O) groups is 8. The van der Waals surface area contributed by atoms with Gasteiger partial charge < -0.3 is 39.4 Å². The smallest absolute Gasteiger partial charge is 0.349 e. The molecule has 0 unspecified atom stereocenters. The second kappa shape index (κ2) is 19.6. The van der Waals surface area contributed by atoms with E-state index in [4.69, 9.17) is 18.9 Å². The lowest BCUT2D eigenvalue weighted by atomic mass is 10.1. The zero-order valence-corrected chi connectivity index (χ0v) is 30.2. The van der Waals surface area contributed by atoms with Crippen LogP contribution in [0.5, 0.6) is 0 Å². The number of aliphatic carboxylic acids is 4. The van der Waals surface area contributed by atoms with Gasteiger partial charge in [-0.15, -0.1) is 0 Å². The van der Waals surface area contributed by atoms with Crippen molar-refractivity contribution in [2.75, 3.05) is 0 Å². The van der Waals surface area contributed by atoms with Gasteiger partial charge in [-0.2, -0.15) is 0 Å². The SMILES string of the molecule is Cc1ccc(C(=O)O[C@@H](C(=O)O)[C@@H](OC(=O)c2ccc(C)cc2)C(=O)O)cc1.Cc1ccc(C(=O)O[C@H](C(=O)O)[C@H](OC(=O)c2ccc(C)cc2)C(=O)O)cc1. The molecule has 4 aromatic carbocycles. The highest BCUT2D eigenvalue weighted by atomic mass is 16.6. The summed E-state index contributed by atoms with van der Waals surface area (Å²) in [5.41, 5.74) is 3.58. The van der Waals surface area contributed by atoms with Gasteiger partial charge in [0.25, 0.3) is 0 Å². The van der Waals surface area contributed by atoms with Gasteiger partial charge in [-0.3, -0.25) is 0 Å². The molecule has 0 saturated heterocycles. The van der Waals surface area contributed by atoms with Crippen LogP contribution in [0.2, 0.25) is 0 Å². The van der Waals surface area contributed by atoms with Crippen LogP contribution in [0, 0.1) is 27.7 Å². The maximum absolute atomic E-state index is 12.2. The zero-order valence-electron chi connectivity index (χ0n) is 30.2. The molecule has 0 aromatic heterocycles. The topological polar surface area (TPSA) is 254 Å². The van der Waals surface area contributed by atoms with E-state index in [0.717, 1.165) is 22.3 Å². The number of hydrogen-bond donors (Lipinski definition) is 4. The van der Waals surface area contributed by atoms with Gasteiger partial charge in [-0.1, -0.05) is 70.8 Å².